The zero-order valence-electron chi connectivity index (χ0n) is 9.78. The topological polar surface area (TPSA) is 89.1 Å². The normalized spacial score (nSPS) is 10.7. The number of carboxylic acids is 1. The second kappa shape index (κ2) is 4.49. The Bertz CT molecular complexity index is 751. The second-order valence-corrected chi connectivity index (χ2v) is 3.97. The molecular weight excluding hydrogens is 246 g/mol. The summed E-state index contributed by atoms with van der Waals surface area (Å²) in [6, 6.07) is 11.4. The van der Waals surface area contributed by atoms with Crippen LogP contribution in [0, 0.1) is 0 Å². The van der Waals surface area contributed by atoms with Crippen LogP contribution in [0.3, 0.4) is 0 Å². The molecule has 0 saturated heterocycles. The second-order valence-electron chi connectivity index (χ2n) is 3.97. The summed E-state index contributed by atoms with van der Waals surface area (Å²) >= 11 is 0. The molecule has 2 heterocycles. The summed E-state index contributed by atoms with van der Waals surface area (Å²) in [5.74, 6) is -0.652. The molecule has 1 aromatic carbocycles. The molecule has 0 amide bonds. The average molecular weight is 255 g/mol. The first-order chi connectivity index (χ1) is 9.22. The number of benzene rings is 1. The van der Waals surface area contributed by atoms with E-state index in [0.29, 0.717) is 11.5 Å². The van der Waals surface area contributed by atoms with Crippen molar-refractivity contribution in [2.75, 3.05) is 0 Å². The number of hydrogen-bond donors (Lipinski definition) is 1. The number of pyridine rings is 1. The molecule has 6 heteroatoms. The first kappa shape index (κ1) is 11.3. The van der Waals surface area contributed by atoms with Gasteiger partial charge in [-0.15, -0.1) is 0 Å². The molecule has 2 aromatic heterocycles. The molecular formula is C13H9N3O3. The van der Waals surface area contributed by atoms with Gasteiger partial charge in [-0.05, 0) is 12.1 Å². The van der Waals surface area contributed by atoms with E-state index in [9.17, 15) is 4.79 Å². The van der Waals surface area contributed by atoms with Gasteiger partial charge in [-0.25, -0.2) is 4.98 Å². The summed E-state index contributed by atoms with van der Waals surface area (Å²) in [4.78, 5) is 19.0. The molecule has 0 radical (unpaired) electrons. The third-order valence-corrected chi connectivity index (χ3v) is 2.60. The highest BCUT2D eigenvalue weighted by molar-refractivity contribution is 5.80. The number of nitrogens with zero attached hydrogens (tertiary/aromatic N) is 3. The maximum Gasteiger partial charge on any atom is 0.312 e. The standard InChI is InChI=1S/C13H9N3O3/c17-12(18)7-11-15-13(16-19-11)10-6-5-8-3-1-2-4-9(8)14-10/h1-6H,7H2,(H,17,18). The fourth-order valence-electron chi connectivity index (χ4n) is 1.75. The van der Waals surface area contributed by atoms with Gasteiger partial charge in [0.15, 0.2) is 0 Å². The van der Waals surface area contributed by atoms with Gasteiger partial charge in [0.25, 0.3) is 0 Å². The summed E-state index contributed by atoms with van der Waals surface area (Å²) in [6.07, 6.45) is -0.291. The van der Waals surface area contributed by atoms with E-state index < -0.39 is 5.97 Å². The summed E-state index contributed by atoms with van der Waals surface area (Å²) in [5, 5.41) is 13.4. The lowest BCUT2D eigenvalue weighted by molar-refractivity contribution is -0.136. The quantitative estimate of drug-likeness (QED) is 0.769. The Morgan fingerprint density at radius 1 is 1.16 bits per heavy atom. The average Bonchev–Trinajstić information content (AvgIpc) is 2.86. The van der Waals surface area contributed by atoms with E-state index in [4.69, 9.17) is 9.63 Å². The molecule has 94 valence electrons. The van der Waals surface area contributed by atoms with Crippen LogP contribution < -0.4 is 0 Å². The molecule has 0 spiro atoms. The van der Waals surface area contributed by atoms with Gasteiger partial charge >= 0.3 is 5.97 Å². The zero-order valence-corrected chi connectivity index (χ0v) is 9.78. The van der Waals surface area contributed by atoms with Crippen LogP contribution >= 0.6 is 0 Å². The largest absolute Gasteiger partial charge is 0.481 e. The predicted molar refractivity (Wildman–Crippen MR) is 66.4 cm³/mol. The van der Waals surface area contributed by atoms with Crippen LogP contribution in [0.2, 0.25) is 0 Å². The van der Waals surface area contributed by atoms with Crippen molar-refractivity contribution in [3.05, 3.63) is 42.3 Å². The molecule has 0 fully saturated rings. The first-order valence-electron chi connectivity index (χ1n) is 5.63. The molecule has 0 unspecified atom stereocenters. The van der Waals surface area contributed by atoms with E-state index in [1.54, 1.807) is 6.07 Å². The van der Waals surface area contributed by atoms with Crippen LogP contribution in [0.25, 0.3) is 22.4 Å². The van der Waals surface area contributed by atoms with Gasteiger partial charge in [-0.1, -0.05) is 29.4 Å². The number of para-hydroxylation sites is 1. The molecule has 0 bridgehead atoms. The van der Waals surface area contributed by atoms with Gasteiger partial charge in [-0.2, -0.15) is 4.98 Å². The van der Waals surface area contributed by atoms with Gasteiger partial charge in [-0.3, -0.25) is 4.79 Å². The third-order valence-electron chi connectivity index (χ3n) is 2.60. The highest BCUT2D eigenvalue weighted by atomic mass is 16.5. The fraction of sp³-hybridized carbons (Fsp3) is 0.0769. The molecule has 3 rings (SSSR count). The van der Waals surface area contributed by atoms with Crippen molar-refractivity contribution in [3.8, 4) is 11.5 Å². The Morgan fingerprint density at radius 2 is 2.00 bits per heavy atom. The van der Waals surface area contributed by atoms with Gasteiger partial charge in [0, 0.05) is 5.39 Å². The Balaban J connectivity index is 1.99. The van der Waals surface area contributed by atoms with Crippen molar-refractivity contribution in [3.63, 3.8) is 0 Å². The Labute approximate surface area is 107 Å². The number of aliphatic carboxylic acids is 1. The fourth-order valence-corrected chi connectivity index (χ4v) is 1.75. The maximum absolute atomic E-state index is 10.5. The highest BCUT2D eigenvalue weighted by Crippen LogP contribution is 2.18. The van der Waals surface area contributed by atoms with Crippen LogP contribution in [0.5, 0.6) is 0 Å². The van der Waals surface area contributed by atoms with Crippen LogP contribution in [-0.4, -0.2) is 26.2 Å². The molecule has 0 aliphatic rings. The minimum absolute atomic E-state index is 0.0671. The maximum atomic E-state index is 10.5. The summed E-state index contributed by atoms with van der Waals surface area (Å²) in [5.41, 5.74) is 1.38. The van der Waals surface area contributed by atoms with Gasteiger partial charge in [0.05, 0.1) is 5.52 Å². The monoisotopic (exact) mass is 255 g/mol. The number of fused-ring (bicyclic) bond motifs is 1. The van der Waals surface area contributed by atoms with Crippen molar-refractivity contribution in [2.24, 2.45) is 0 Å². The number of rotatable bonds is 3. The van der Waals surface area contributed by atoms with Crippen molar-refractivity contribution in [2.45, 2.75) is 6.42 Å². The number of hydrogen-bond acceptors (Lipinski definition) is 5. The van der Waals surface area contributed by atoms with Gasteiger partial charge in [0.2, 0.25) is 11.7 Å². The zero-order chi connectivity index (χ0) is 13.2. The van der Waals surface area contributed by atoms with E-state index in [0.717, 1.165) is 10.9 Å². The van der Waals surface area contributed by atoms with Crippen molar-refractivity contribution >= 4 is 16.9 Å². The van der Waals surface area contributed by atoms with Crippen LogP contribution in [0.1, 0.15) is 5.89 Å². The van der Waals surface area contributed by atoms with Crippen molar-refractivity contribution in [1.29, 1.82) is 0 Å². The van der Waals surface area contributed by atoms with Gasteiger partial charge < -0.3 is 9.63 Å². The molecule has 3 aromatic rings. The predicted octanol–water partition coefficient (Wildman–Crippen LogP) is 1.91. The highest BCUT2D eigenvalue weighted by Gasteiger charge is 2.12. The lowest BCUT2D eigenvalue weighted by Crippen LogP contribution is -1.99. The van der Waals surface area contributed by atoms with E-state index in [1.807, 2.05) is 30.3 Å². The Morgan fingerprint density at radius 3 is 2.84 bits per heavy atom. The third kappa shape index (κ3) is 2.28. The lowest BCUT2D eigenvalue weighted by atomic mass is 10.2. The Hall–Kier alpha value is -2.76. The van der Waals surface area contributed by atoms with E-state index >= 15 is 0 Å². The lowest BCUT2D eigenvalue weighted by Gasteiger charge is -1.98. The smallest absolute Gasteiger partial charge is 0.312 e. The van der Waals surface area contributed by atoms with E-state index in [1.165, 1.54) is 0 Å². The molecule has 0 atom stereocenters. The minimum Gasteiger partial charge on any atom is -0.481 e. The molecule has 6 nitrogen and oxygen atoms in total. The van der Waals surface area contributed by atoms with Gasteiger partial charge in [0.1, 0.15) is 12.1 Å². The van der Waals surface area contributed by atoms with Crippen LogP contribution in [0.4, 0.5) is 0 Å². The number of carbonyl (C=O) groups is 1. The van der Waals surface area contributed by atoms with E-state index in [-0.39, 0.29) is 12.3 Å². The van der Waals surface area contributed by atoms with Crippen LogP contribution in [-0.2, 0) is 11.2 Å². The summed E-state index contributed by atoms with van der Waals surface area (Å²) in [7, 11) is 0. The van der Waals surface area contributed by atoms with E-state index in [2.05, 4.69) is 15.1 Å². The SMILES string of the molecule is O=C(O)Cc1nc(-c2ccc3ccccc3n2)no1. The first-order valence-corrected chi connectivity index (χ1v) is 5.63. The molecule has 19 heavy (non-hydrogen) atoms. The minimum atomic E-state index is -1.01. The summed E-state index contributed by atoms with van der Waals surface area (Å²) < 4.78 is 4.86. The van der Waals surface area contributed by atoms with Crippen molar-refractivity contribution in [1.82, 2.24) is 15.1 Å². The van der Waals surface area contributed by atoms with Crippen molar-refractivity contribution < 1.29 is 14.4 Å². The molecule has 0 saturated carbocycles. The number of aromatic nitrogens is 3. The molecule has 1 N–H and O–H groups in total. The molecule has 0 aliphatic heterocycles. The molecule has 0 aliphatic carbocycles. The number of carboxylic acid groups (broad SMARTS) is 1. The Kier molecular flexibility index (Phi) is 2.68. The van der Waals surface area contributed by atoms with Crippen LogP contribution in [0.15, 0.2) is 40.9 Å². The summed E-state index contributed by atoms with van der Waals surface area (Å²) in [6.45, 7) is 0.